The molecule has 0 aliphatic rings. The molecule has 3 N–H and O–H groups in total. The molecule has 0 aliphatic carbocycles. The summed E-state index contributed by atoms with van der Waals surface area (Å²) in [6.07, 6.45) is 4.69. The fraction of sp³-hybridized carbons (Fsp3) is 0.167. The molecular weight excluding hydrogens is 142 g/mol. The highest BCUT2D eigenvalue weighted by Crippen LogP contribution is 1.87. The number of nitrogens with one attached hydrogen (secondary N) is 1. The van der Waals surface area contributed by atoms with Crippen LogP contribution in [0.25, 0.3) is 0 Å². The van der Waals surface area contributed by atoms with Gasteiger partial charge in [-0.05, 0) is 0 Å². The van der Waals surface area contributed by atoms with E-state index in [1.54, 1.807) is 25.6 Å². The zero-order valence-corrected chi connectivity index (χ0v) is 6.15. The number of hydrazone groups is 1. The molecule has 1 heterocycles. The van der Waals surface area contributed by atoms with Gasteiger partial charge in [0.2, 0.25) is 0 Å². The van der Waals surface area contributed by atoms with E-state index in [1.807, 2.05) is 0 Å². The lowest BCUT2D eigenvalue weighted by Crippen LogP contribution is -2.18. The van der Waals surface area contributed by atoms with Gasteiger partial charge in [0.25, 0.3) is 0 Å². The van der Waals surface area contributed by atoms with Crippen molar-refractivity contribution < 1.29 is 0 Å². The average molecular weight is 151 g/mol. The third-order valence-corrected chi connectivity index (χ3v) is 1.06. The van der Waals surface area contributed by atoms with Crippen LogP contribution < -0.4 is 11.2 Å². The predicted molar refractivity (Wildman–Crippen MR) is 41.8 cm³/mol. The van der Waals surface area contributed by atoms with E-state index in [1.165, 1.54) is 0 Å². The zero-order valence-electron chi connectivity index (χ0n) is 6.15. The van der Waals surface area contributed by atoms with Gasteiger partial charge in [-0.15, -0.1) is 0 Å². The third-order valence-electron chi connectivity index (χ3n) is 1.06. The molecule has 1 aromatic heterocycles. The smallest absolute Gasteiger partial charge is 0.170 e. The van der Waals surface area contributed by atoms with Gasteiger partial charge < -0.3 is 11.2 Å². The van der Waals surface area contributed by atoms with Crippen LogP contribution in [-0.4, -0.2) is 22.9 Å². The van der Waals surface area contributed by atoms with Crippen LogP contribution in [0.1, 0.15) is 5.69 Å². The average Bonchev–Trinajstić information content (AvgIpc) is 2.07. The summed E-state index contributed by atoms with van der Waals surface area (Å²) in [7, 11) is 1.67. The van der Waals surface area contributed by atoms with Crippen LogP contribution in [0.2, 0.25) is 0 Å². The van der Waals surface area contributed by atoms with E-state index >= 15 is 0 Å². The van der Waals surface area contributed by atoms with Crippen LogP contribution in [0.15, 0.2) is 23.7 Å². The van der Waals surface area contributed by atoms with Gasteiger partial charge in [-0.25, -0.2) is 4.98 Å². The summed E-state index contributed by atoms with van der Waals surface area (Å²) in [6.45, 7) is 0. The molecular formula is C6H9N5. The second kappa shape index (κ2) is 3.50. The highest BCUT2D eigenvalue weighted by Gasteiger charge is 1.96. The largest absolute Gasteiger partial charge is 0.380 e. The second-order valence-electron chi connectivity index (χ2n) is 1.81. The topological polar surface area (TPSA) is 76.2 Å². The number of rotatable bonds is 2. The van der Waals surface area contributed by atoms with Gasteiger partial charge in [0.1, 0.15) is 5.69 Å². The quantitative estimate of drug-likeness (QED) is 0.333. The van der Waals surface area contributed by atoms with Crippen LogP contribution >= 0.6 is 0 Å². The first kappa shape index (κ1) is 7.46. The Labute approximate surface area is 64.4 Å². The van der Waals surface area contributed by atoms with E-state index < -0.39 is 0 Å². The molecule has 0 spiro atoms. The zero-order chi connectivity index (χ0) is 8.10. The maximum absolute atomic E-state index is 5.49. The summed E-state index contributed by atoms with van der Waals surface area (Å²) in [5.74, 6) is 0.334. The van der Waals surface area contributed by atoms with E-state index in [0.29, 0.717) is 11.5 Å². The van der Waals surface area contributed by atoms with Crippen LogP contribution in [0.3, 0.4) is 0 Å². The van der Waals surface area contributed by atoms with Crippen molar-refractivity contribution in [3.8, 4) is 0 Å². The van der Waals surface area contributed by atoms with Gasteiger partial charge in [-0.1, -0.05) is 0 Å². The van der Waals surface area contributed by atoms with Crippen molar-refractivity contribution in [1.82, 2.24) is 15.4 Å². The van der Waals surface area contributed by atoms with Crippen molar-refractivity contribution in [3.05, 3.63) is 24.3 Å². The minimum Gasteiger partial charge on any atom is -0.380 e. The number of nitrogens with zero attached hydrogens (tertiary/aromatic N) is 3. The molecule has 0 saturated heterocycles. The number of hydrogen-bond acceptors (Lipinski definition) is 4. The van der Waals surface area contributed by atoms with Gasteiger partial charge in [0.05, 0.1) is 6.20 Å². The molecule has 0 radical (unpaired) electrons. The number of amidine groups is 1. The lowest BCUT2D eigenvalue weighted by molar-refractivity contribution is 0.895. The van der Waals surface area contributed by atoms with Crippen LogP contribution in [-0.2, 0) is 0 Å². The fourth-order valence-corrected chi connectivity index (χ4v) is 0.609. The Hall–Kier alpha value is -1.65. The minimum absolute atomic E-state index is 0.334. The molecule has 0 saturated carbocycles. The van der Waals surface area contributed by atoms with E-state index in [4.69, 9.17) is 5.73 Å². The van der Waals surface area contributed by atoms with Gasteiger partial charge in [-0.2, -0.15) is 5.10 Å². The maximum Gasteiger partial charge on any atom is 0.170 e. The monoisotopic (exact) mass is 151 g/mol. The Morgan fingerprint density at radius 2 is 2.45 bits per heavy atom. The summed E-state index contributed by atoms with van der Waals surface area (Å²) in [6, 6.07) is 0. The molecule has 0 unspecified atom stereocenters. The molecule has 58 valence electrons. The van der Waals surface area contributed by atoms with Crippen molar-refractivity contribution in [2.24, 2.45) is 10.8 Å². The first-order valence-electron chi connectivity index (χ1n) is 3.11. The Morgan fingerprint density at radius 1 is 1.64 bits per heavy atom. The standard InChI is InChI=1S/C6H9N5/c1-8-11-6(7)5-4-9-2-3-10-5/h2-4,8H,1H3,(H2,7,11). The first-order chi connectivity index (χ1) is 5.34. The molecule has 0 aliphatic heterocycles. The molecule has 0 amide bonds. The Balaban J connectivity index is 2.85. The van der Waals surface area contributed by atoms with Crippen LogP contribution in [0.5, 0.6) is 0 Å². The van der Waals surface area contributed by atoms with Gasteiger partial charge >= 0.3 is 0 Å². The summed E-state index contributed by atoms with van der Waals surface area (Å²) in [5, 5.41) is 3.74. The number of aromatic nitrogens is 2. The normalized spacial score (nSPS) is 11.2. The van der Waals surface area contributed by atoms with Crippen LogP contribution in [0.4, 0.5) is 0 Å². The highest BCUT2D eigenvalue weighted by atomic mass is 15.3. The lowest BCUT2D eigenvalue weighted by atomic mass is 10.4. The second-order valence-corrected chi connectivity index (χ2v) is 1.81. The van der Waals surface area contributed by atoms with Gasteiger partial charge in [0, 0.05) is 19.4 Å². The summed E-state index contributed by atoms with van der Waals surface area (Å²) in [4.78, 5) is 7.78. The Morgan fingerprint density at radius 3 is 3.00 bits per heavy atom. The van der Waals surface area contributed by atoms with Crippen LogP contribution in [0, 0.1) is 0 Å². The molecule has 5 heteroatoms. The van der Waals surface area contributed by atoms with E-state index in [0.717, 1.165) is 0 Å². The van der Waals surface area contributed by atoms with E-state index in [2.05, 4.69) is 20.5 Å². The highest BCUT2D eigenvalue weighted by molar-refractivity contribution is 5.95. The number of nitrogens with two attached hydrogens (primary N) is 1. The van der Waals surface area contributed by atoms with E-state index in [-0.39, 0.29) is 0 Å². The summed E-state index contributed by atoms with van der Waals surface area (Å²) >= 11 is 0. The number of hydrogen-bond donors (Lipinski definition) is 2. The first-order valence-corrected chi connectivity index (χ1v) is 3.11. The predicted octanol–water partition coefficient (Wildman–Crippen LogP) is -0.684. The lowest BCUT2D eigenvalue weighted by Gasteiger charge is -1.96. The van der Waals surface area contributed by atoms with Crippen molar-refractivity contribution in [2.75, 3.05) is 7.05 Å². The van der Waals surface area contributed by atoms with Crippen molar-refractivity contribution >= 4 is 5.84 Å². The molecule has 1 aromatic rings. The maximum atomic E-state index is 5.49. The molecule has 0 aromatic carbocycles. The Kier molecular flexibility index (Phi) is 2.37. The molecule has 0 bridgehead atoms. The summed E-state index contributed by atoms with van der Waals surface area (Å²) < 4.78 is 0. The molecule has 1 rings (SSSR count). The molecule has 0 atom stereocenters. The van der Waals surface area contributed by atoms with E-state index in [9.17, 15) is 0 Å². The van der Waals surface area contributed by atoms with Gasteiger partial charge in [-0.3, -0.25) is 4.98 Å². The van der Waals surface area contributed by atoms with Gasteiger partial charge in [0.15, 0.2) is 5.84 Å². The molecule has 11 heavy (non-hydrogen) atoms. The van der Waals surface area contributed by atoms with Crippen molar-refractivity contribution in [1.29, 1.82) is 0 Å². The molecule has 5 nitrogen and oxygen atoms in total. The third kappa shape index (κ3) is 1.89. The minimum atomic E-state index is 0.334. The molecule has 0 fully saturated rings. The SMILES string of the molecule is CN/N=C(\N)c1cnccn1. The van der Waals surface area contributed by atoms with Crippen molar-refractivity contribution in [3.63, 3.8) is 0 Å². The Bertz CT molecular complexity index is 242. The summed E-state index contributed by atoms with van der Waals surface area (Å²) in [5.41, 5.74) is 8.62. The fourth-order valence-electron chi connectivity index (χ4n) is 0.609. The van der Waals surface area contributed by atoms with Crippen molar-refractivity contribution in [2.45, 2.75) is 0 Å².